The number of hydrogen-bond donors (Lipinski definition) is 1. The van der Waals surface area contributed by atoms with Crippen molar-refractivity contribution in [1.29, 1.82) is 0 Å². The van der Waals surface area contributed by atoms with Crippen LogP contribution in [-0.2, 0) is 10.0 Å². The second-order valence-corrected chi connectivity index (χ2v) is 5.16. The molecule has 5 nitrogen and oxygen atoms in total. The molecular formula is C9H10N2O3S. The van der Waals surface area contributed by atoms with Gasteiger partial charge in [0.05, 0.1) is 5.56 Å². The fourth-order valence-corrected chi connectivity index (χ4v) is 2.62. The summed E-state index contributed by atoms with van der Waals surface area (Å²) in [5.41, 5.74) is 0.953. The maximum absolute atomic E-state index is 11.5. The monoisotopic (exact) mass is 226 g/mol. The Kier molecular flexibility index (Phi) is 1.97. The van der Waals surface area contributed by atoms with Crippen LogP contribution in [0.2, 0.25) is 0 Å². The number of nitrogens with one attached hydrogen (secondary N) is 1. The molecule has 6 heteroatoms. The highest BCUT2D eigenvalue weighted by Crippen LogP contribution is 2.26. The van der Waals surface area contributed by atoms with E-state index in [0.29, 0.717) is 0 Å². The van der Waals surface area contributed by atoms with E-state index in [1.165, 1.54) is 12.1 Å². The van der Waals surface area contributed by atoms with E-state index in [1.54, 1.807) is 25.1 Å². The molecule has 1 aliphatic rings. The molecule has 1 heterocycles. The van der Waals surface area contributed by atoms with E-state index in [2.05, 4.69) is 0 Å². The average Bonchev–Trinajstić information content (AvgIpc) is 2.37. The Labute approximate surface area is 87.8 Å². The molecule has 2 rings (SSSR count). The minimum atomic E-state index is -3.64. The lowest BCUT2D eigenvalue weighted by Gasteiger charge is -2.12. The van der Waals surface area contributed by atoms with Crippen molar-refractivity contribution in [3.63, 3.8) is 0 Å². The van der Waals surface area contributed by atoms with Gasteiger partial charge in [-0.15, -0.1) is 0 Å². The standard InChI is InChI=1S/C9H10N2O3S/c1-11(2)6-3-4-7-8(5-6)15(13,14)10-9(7)12/h3-5H,1-2H3,(H,10,12). The number of anilines is 1. The van der Waals surface area contributed by atoms with E-state index >= 15 is 0 Å². The first-order chi connectivity index (χ1) is 6.92. The lowest BCUT2D eigenvalue weighted by molar-refractivity contribution is 0.0985. The van der Waals surface area contributed by atoms with Crippen molar-refractivity contribution in [3.05, 3.63) is 23.8 Å². The zero-order valence-electron chi connectivity index (χ0n) is 8.31. The van der Waals surface area contributed by atoms with Gasteiger partial charge in [0.25, 0.3) is 15.9 Å². The molecule has 0 saturated heterocycles. The number of rotatable bonds is 1. The highest BCUT2D eigenvalue weighted by molar-refractivity contribution is 7.90. The summed E-state index contributed by atoms with van der Waals surface area (Å²) in [6.45, 7) is 0. The van der Waals surface area contributed by atoms with Gasteiger partial charge >= 0.3 is 0 Å². The summed E-state index contributed by atoms with van der Waals surface area (Å²) in [6, 6.07) is 4.71. The minimum absolute atomic E-state index is 0.0544. The summed E-state index contributed by atoms with van der Waals surface area (Å²) >= 11 is 0. The molecular weight excluding hydrogens is 216 g/mol. The normalized spacial score (nSPS) is 17.1. The summed E-state index contributed by atoms with van der Waals surface area (Å²) in [7, 11) is -0.0288. The van der Waals surface area contributed by atoms with E-state index in [1.807, 2.05) is 4.72 Å². The molecule has 15 heavy (non-hydrogen) atoms. The van der Waals surface area contributed by atoms with E-state index in [4.69, 9.17) is 0 Å². The van der Waals surface area contributed by atoms with Crippen LogP contribution in [0, 0.1) is 0 Å². The number of benzene rings is 1. The Morgan fingerprint density at radius 1 is 1.27 bits per heavy atom. The number of carbonyl (C=O) groups excluding carboxylic acids is 1. The Morgan fingerprint density at radius 2 is 1.93 bits per heavy atom. The summed E-state index contributed by atoms with van der Waals surface area (Å²) < 4.78 is 24.9. The van der Waals surface area contributed by atoms with E-state index in [0.717, 1.165) is 5.69 Å². The van der Waals surface area contributed by atoms with Crippen molar-refractivity contribution in [2.75, 3.05) is 19.0 Å². The first-order valence-corrected chi connectivity index (χ1v) is 5.78. The molecule has 0 bridgehead atoms. The molecule has 1 aromatic carbocycles. The van der Waals surface area contributed by atoms with Crippen molar-refractivity contribution in [1.82, 2.24) is 4.72 Å². The third-order valence-electron chi connectivity index (χ3n) is 2.24. The van der Waals surface area contributed by atoms with Crippen LogP contribution in [0.1, 0.15) is 10.4 Å². The molecule has 1 aromatic rings. The topological polar surface area (TPSA) is 66.5 Å². The molecule has 0 fully saturated rings. The van der Waals surface area contributed by atoms with E-state index < -0.39 is 15.9 Å². The maximum atomic E-state index is 11.5. The van der Waals surface area contributed by atoms with Gasteiger partial charge in [0.15, 0.2) is 0 Å². The van der Waals surface area contributed by atoms with Crippen LogP contribution in [-0.4, -0.2) is 28.4 Å². The number of nitrogens with zero attached hydrogens (tertiary/aromatic N) is 1. The second kappa shape index (κ2) is 2.96. The number of hydrogen-bond acceptors (Lipinski definition) is 4. The first-order valence-electron chi connectivity index (χ1n) is 4.30. The number of fused-ring (bicyclic) bond motifs is 1. The van der Waals surface area contributed by atoms with Gasteiger partial charge in [0.1, 0.15) is 4.90 Å². The van der Waals surface area contributed by atoms with Crippen molar-refractivity contribution in [2.24, 2.45) is 0 Å². The van der Waals surface area contributed by atoms with Gasteiger partial charge in [-0.25, -0.2) is 13.1 Å². The van der Waals surface area contributed by atoms with Gasteiger partial charge in [-0.2, -0.15) is 0 Å². The molecule has 1 amide bonds. The summed E-state index contributed by atoms with van der Waals surface area (Å²) in [6.07, 6.45) is 0. The van der Waals surface area contributed by atoms with Gasteiger partial charge in [-0.05, 0) is 18.2 Å². The van der Waals surface area contributed by atoms with Gasteiger partial charge in [0.2, 0.25) is 0 Å². The largest absolute Gasteiger partial charge is 0.378 e. The molecule has 0 unspecified atom stereocenters. The van der Waals surface area contributed by atoms with Gasteiger partial charge in [-0.1, -0.05) is 0 Å². The second-order valence-electron chi connectivity index (χ2n) is 3.51. The quantitative estimate of drug-likeness (QED) is 0.742. The van der Waals surface area contributed by atoms with Gasteiger partial charge in [-0.3, -0.25) is 4.79 Å². The fourth-order valence-electron chi connectivity index (χ4n) is 1.43. The van der Waals surface area contributed by atoms with Crippen LogP contribution in [0.15, 0.2) is 23.1 Å². The van der Waals surface area contributed by atoms with Crippen molar-refractivity contribution in [3.8, 4) is 0 Å². The van der Waals surface area contributed by atoms with Crippen LogP contribution >= 0.6 is 0 Å². The summed E-state index contributed by atoms with van der Waals surface area (Å²) in [5, 5.41) is 0. The Balaban J connectivity index is 2.68. The van der Waals surface area contributed by atoms with Crippen molar-refractivity contribution >= 4 is 21.6 Å². The Morgan fingerprint density at radius 3 is 2.53 bits per heavy atom. The van der Waals surface area contributed by atoms with Gasteiger partial charge < -0.3 is 4.90 Å². The number of sulfonamides is 1. The predicted octanol–water partition coefficient (Wildman–Crippen LogP) is 0.185. The van der Waals surface area contributed by atoms with Crippen LogP contribution in [0.25, 0.3) is 0 Å². The van der Waals surface area contributed by atoms with Crippen LogP contribution in [0.4, 0.5) is 5.69 Å². The maximum Gasteiger partial charge on any atom is 0.266 e. The Hall–Kier alpha value is -1.56. The third-order valence-corrected chi connectivity index (χ3v) is 3.61. The zero-order valence-corrected chi connectivity index (χ0v) is 9.13. The molecule has 0 aromatic heterocycles. The summed E-state index contributed by atoms with van der Waals surface area (Å²) in [4.78, 5) is 13.1. The van der Waals surface area contributed by atoms with Crippen LogP contribution in [0.3, 0.4) is 0 Å². The SMILES string of the molecule is CN(C)c1ccc2c(c1)S(=O)(=O)NC2=O. The predicted molar refractivity (Wildman–Crippen MR) is 55.4 cm³/mol. The fraction of sp³-hybridized carbons (Fsp3) is 0.222. The first kappa shape index (κ1) is 9.97. The van der Waals surface area contributed by atoms with Crippen molar-refractivity contribution in [2.45, 2.75) is 4.90 Å². The third kappa shape index (κ3) is 1.46. The lowest BCUT2D eigenvalue weighted by Crippen LogP contribution is -2.20. The van der Waals surface area contributed by atoms with E-state index in [-0.39, 0.29) is 10.5 Å². The van der Waals surface area contributed by atoms with E-state index in [9.17, 15) is 13.2 Å². The zero-order chi connectivity index (χ0) is 11.2. The highest BCUT2D eigenvalue weighted by Gasteiger charge is 2.32. The lowest BCUT2D eigenvalue weighted by atomic mass is 10.2. The molecule has 80 valence electrons. The highest BCUT2D eigenvalue weighted by atomic mass is 32.2. The summed E-state index contributed by atoms with van der Waals surface area (Å²) in [5.74, 6) is -0.560. The van der Waals surface area contributed by atoms with Crippen molar-refractivity contribution < 1.29 is 13.2 Å². The molecule has 1 aliphatic heterocycles. The average molecular weight is 226 g/mol. The number of carbonyl (C=O) groups is 1. The minimum Gasteiger partial charge on any atom is -0.378 e. The smallest absolute Gasteiger partial charge is 0.266 e. The molecule has 0 saturated carbocycles. The Bertz CT molecular complexity index is 534. The number of amides is 1. The molecule has 0 spiro atoms. The van der Waals surface area contributed by atoms with Gasteiger partial charge in [0, 0.05) is 19.8 Å². The molecule has 1 N–H and O–H groups in total. The molecule has 0 atom stereocenters. The molecule has 0 aliphatic carbocycles. The molecule has 0 radical (unpaired) electrons. The van der Waals surface area contributed by atoms with Crippen LogP contribution < -0.4 is 9.62 Å². The van der Waals surface area contributed by atoms with Crippen LogP contribution in [0.5, 0.6) is 0 Å².